The molecule has 15 heavy (non-hydrogen) atoms. The summed E-state index contributed by atoms with van der Waals surface area (Å²) in [5.41, 5.74) is 5.37. The summed E-state index contributed by atoms with van der Waals surface area (Å²) in [6, 6.07) is 4.21. The lowest BCUT2D eigenvalue weighted by atomic mass is 10.1. The second-order valence-electron chi connectivity index (χ2n) is 3.01. The molecular weight excluding hydrogens is 267 g/mol. The highest BCUT2D eigenvalue weighted by atomic mass is 79.9. The van der Waals surface area contributed by atoms with E-state index in [-0.39, 0.29) is 24.2 Å². The van der Waals surface area contributed by atoms with Crippen LogP contribution in [0.4, 0.5) is 10.1 Å². The SMILES string of the molecule is NCCC(F)c1ccc(Br)c([N+](=O)[O-])c1. The molecule has 1 rings (SSSR count). The quantitative estimate of drug-likeness (QED) is 0.679. The Labute approximate surface area is 94.6 Å². The van der Waals surface area contributed by atoms with E-state index >= 15 is 0 Å². The molecule has 0 bridgehead atoms. The number of benzene rings is 1. The maximum absolute atomic E-state index is 13.4. The van der Waals surface area contributed by atoms with Gasteiger partial charge in [-0.1, -0.05) is 6.07 Å². The smallest absolute Gasteiger partial charge is 0.283 e. The summed E-state index contributed by atoms with van der Waals surface area (Å²) in [6.45, 7) is 0.213. The van der Waals surface area contributed by atoms with Crippen LogP contribution in [-0.4, -0.2) is 11.5 Å². The molecule has 82 valence electrons. The molecule has 0 aliphatic heterocycles. The van der Waals surface area contributed by atoms with Gasteiger partial charge in [0.25, 0.3) is 5.69 Å². The van der Waals surface area contributed by atoms with Crippen molar-refractivity contribution in [3.8, 4) is 0 Å². The third kappa shape index (κ3) is 2.97. The normalized spacial score (nSPS) is 12.5. The fourth-order valence-corrected chi connectivity index (χ4v) is 1.57. The zero-order valence-electron chi connectivity index (χ0n) is 7.82. The number of nitro groups is 1. The van der Waals surface area contributed by atoms with Crippen LogP contribution in [0.25, 0.3) is 0 Å². The number of nitrogens with zero attached hydrogens (tertiary/aromatic N) is 1. The van der Waals surface area contributed by atoms with Crippen molar-refractivity contribution in [2.45, 2.75) is 12.6 Å². The van der Waals surface area contributed by atoms with Gasteiger partial charge in [-0.3, -0.25) is 10.1 Å². The van der Waals surface area contributed by atoms with E-state index in [4.69, 9.17) is 5.73 Å². The highest BCUT2D eigenvalue weighted by molar-refractivity contribution is 9.10. The van der Waals surface area contributed by atoms with Crippen molar-refractivity contribution in [2.75, 3.05) is 6.54 Å². The van der Waals surface area contributed by atoms with E-state index in [1.54, 1.807) is 0 Å². The minimum Gasteiger partial charge on any atom is -0.330 e. The van der Waals surface area contributed by atoms with E-state index in [0.717, 1.165) is 0 Å². The van der Waals surface area contributed by atoms with Gasteiger partial charge in [-0.25, -0.2) is 4.39 Å². The summed E-state index contributed by atoms with van der Waals surface area (Å²) in [5.74, 6) is 0. The Morgan fingerprint density at radius 1 is 1.60 bits per heavy atom. The first-order chi connectivity index (χ1) is 7.06. The Kier molecular flexibility index (Phi) is 4.16. The first-order valence-corrected chi connectivity index (χ1v) is 5.13. The molecule has 2 N–H and O–H groups in total. The summed E-state index contributed by atoms with van der Waals surface area (Å²) < 4.78 is 13.7. The largest absolute Gasteiger partial charge is 0.330 e. The number of nitro benzene ring substituents is 1. The van der Waals surface area contributed by atoms with Crippen molar-refractivity contribution in [3.05, 3.63) is 38.3 Å². The molecule has 0 aliphatic rings. The van der Waals surface area contributed by atoms with E-state index in [9.17, 15) is 14.5 Å². The Hall–Kier alpha value is -1.01. The predicted octanol–water partition coefficient (Wildman–Crippen LogP) is 2.72. The van der Waals surface area contributed by atoms with E-state index in [0.29, 0.717) is 4.47 Å². The van der Waals surface area contributed by atoms with Crippen molar-refractivity contribution < 1.29 is 9.31 Å². The standard InChI is InChI=1S/C9H10BrFN2O2/c10-7-2-1-6(8(11)3-4-12)5-9(7)13(14)15/h1-2,5,8H,3-4,12H2. The first kappa shape index (κ1) is 12.1. The van der Waals surface area contributed by atoms with Gasteiger partial charge in [-0.05, 0) is 40.5 Å². The van der Waals surface area contributed by atoms with Crippen molar-refractivity contribution in [1.82, 2.24) is 0 Å². The van der Waals surface area contributed by atoms with Crippen molar-refractivity contribution >= 4 is 21.6 Å². The second-order valence-corrected chi connectivity index (χ2v) is 3.87. The molecule has 6 heteroatoms. The van der Waals surface area contributed by atoms with Gasteiger partial charge in [0, 0.05) is 6.07 Å². The van der Waals surface area contributed by atoms with E-state index in [2.05, 4.69) is 15.9 Å². The molecule has 1 atom stereocenters. The zero-order valence-corrected chi connectivity index (χ0v) is 9.41. The van der Waals surface area contributed by atoms with Gasteiger partial charge < -0.3 is 5.73 Å². The first-order valence-electron chi connectivity index (χ1n) is 4.34. The zero-order chi connectivity index (χ0) is 11.4. The van der Waals surface area contributed by atoms with E-state index in [1.165, 1.54) is 18.2 Å². The van der Waals surface area contributed by atoms with Crippen molar-refractivity contribution in [3.63, 3.8) is 0 Å². The Balaban J connectivity index is 3.02. The molecule has 0 aliphatic carbocycles. The van der Waals surface area contributed by atoms with Crippen LogP contribution in [0.3, 0.4) is 0 Å². The number of halogens is 2. The molecule has 4 nitrogen and oxygen atoms in total. The van der Waals surface area contributed by atoms with Gasteiger partial charge in [0.1, 0.15) is 6.17 Å². The molecule has 0 spiro atoms. The number of hydrogen-bond acceptors (Lipinski definition) is 3. The molecule has 0 fully saturated rings. The van der Waals surface area contributed by atoms with Gasteiger partial charge in [0.15, 0.2) is 0 Å². The van der Waals surface area contributed by atoms with Crippen LogP contribution >= 0.6 is 15.9 Å². The highest BCUT2D eigenvalue weighted by Crippen LogP contribution is 2.30. The Bertz CT molecular complexity index is 373. The summed E-state index contributed by atoms with van der Waals surface area (Å²) in [5, 5.41) is 10.6. The minimum absolute atomic E-state index is 0.132. The predicted molar refractivity (Wildman–Crippen MR) is 58.3 cm³/mol. The Morgan fingerprint density at radius 3 is 2.80 bits per heavy atom. The molecular formula is C9H10BrFN2O2. The molecule has 1 aromatic carbocycles. The molecule has 0 heterocycles. The van der Waals surface area contributed by atoms with Gasteiger partial charge in [0.05, 0.1) is 9.40 Å². The summed E-state index contributed by atoms with van der Waals surface area (Å²) >= 11 is 3.03. The van der Waals surface area contributed by atoms with E-state index < -0.39 is 11.1 Å². The van der Waals surface area contributed by atoms with Crippen LogP contribution in [0.15, 0.2) is 22.7 Å². The van der Waals surface area contributed by atoms with Crippen LogP contribution in [0.5, 0.6) is 0 Å². The fraction of sp³-hybridized carbons (Fsp3) is 0.333. The average molecular weight is 277 g/mol. The van der Waals surface area contributed by atoms with Crippen LogP contribution < -0.4 is 5.73 Å². The molecule has 0 saturated heterocycles. The summed E-state index contributed by atoms with van der Waals surface area (Å²) in [4.78, 5) is 10.0. The van der Waals surface area contributed by atoms with Crippen molar-refractivity contribution in [2.24, 2.45) is 5.73 Å². The van der Waals surface area contributed by atoms with Crippen LogP contribution in [0.2, 0.25) is 0 Å². The third-order valence-corrected chi connectivity index (χ3v) is 2.62. The lowest BCUT2D eigenvalue weighted by Crippen LogP contribution is -2.04. The number of rotatable bonds is 4. The van der Waals surface area contributed by atoms with Gasteiger partial charge >= 0.3 is 0 Å². The topological polar surface area (TPSA) is 69.2 Å². The van der Waals surface area contributed by atoms with Gasteiger partial charge in [0.2, 0.25) is 0 Å². The fourth-order valence-electron chi connectivity index (χ4n) is 1.18. The lowest BCUT2D eigenvalue weighted by molar-refractivity contribution is -0.385. The Morgan fingerprint density at radius 2 is 2.27 bits per heavy atom. The van der Waals surface area contributed by atoms with Crippen LogP contribution in [0, 0.1) is 10.1 Å². The molecule has 0 aromatic heterocycles. The number of hydrogen-bond donors (Lipinski definition) is 1. The van der Waals surface area contributed by atoms with Gasteiger partial charge in [-0.15, -0.1) is 0 Å². The lowest BCUT2D eigenvalue weighted by Gasteiger charge is -2.06. The average Bonchev–Trinajstić information content (AvgIpc) is 2.18. The molecule has 0 radical (unpaired) electrons. The monoisotopic (exact) mass is 276 g/mol. The minimum atomic E-state index is -1.25. The maximum atomic E-state index is 13.4. The summed E-state index contributed by atoms with van der Waals surface area (Å²) in [7, 11) is 0. The van der Waals surface area contributed by atoms with E-state index in [1.807, 2.05) is 0 Å². The van der Waals surface area contributed by atoms with Crippen LogP contribution in [-0.2, 0) is 0 Å². The molecule has 1 unspecified atom stereocenters. The van der Waals surface area contributed by atoms with Crippen LogP contribution in [0.1, 0.15) is 18.2 Å². The molecule has 0 saturated carbocycles. The van der Waals surface area contributed by atoms with Crippen molar-refractivity contribution in [1.29, 1.82) is 0 Å². The summed E-state index contributed by atoms with van der Waals surface area (Å²) in [6.07, 6.45) is -1.08. The number of alkyl halides is 1. The second kappa shape index (κ2) is 5.18. The maximum Gasteiger partial charge on any atom is 0.283 e. The highest BCUT2D eigenvalue weighted by Gasteiger charge is 2.16. The third-order valence-electron chi connectivity index (χ3n) is 1.95. The molecule has 1 aromatic rings. The molecule has 0 amide bonds. The van der Waals surface area contributed by atoms with Gasteiger partial charge in [-0.2, -0.15) is 0 Å². The number of nitrogens with two attached hydrogens (primary N) is 1.